The summed E-state index contributed by atoms with van der Waals surface area (Å²) in [5.74, 6) is 0.160. The number of alkyl carbamates (subject to hydrolysis) is 1. The smallest absolute Gasteiger partial charge is 0.407 e. The van der Waals surface area contributed by atoms with Gasteiger partial charge in [0.1, 0.15) is 11.4 Å². The van der Waals surface area contributed by atoms with Gasteiger partial charge in [-0.25, -0.2) is 19.2 Å². The molecule has 36 heavy (non-hydrogen) atoms. The third kappa shape index (κ3) is 5.95. The first-order chi connectivity index (χ1) is 17.0. The number of pyridine rings is 1. The average Bonchev–Trinajstić information content (AvgIpc) is 2.81. The van der Waals surface area contributed by atoms with Gasteiger partial charge >= 0.3 is 6.09 Å². The predicted molar refractivity (Wildman–Crippen MR) is 136 cm³/mol. The maximum Gasteiger partial charge on any atom is 0.407 e. The summed E-state index contributed by atoms with van der Waals surface area (Å²) in [5.41, 5.74) is -0.743. The fraction of sp³-hybridized carbons (Fsp3) is 0.462. The zero-order valence-corrected chi connectivity index (χ0v) is 21.6. The van der Waals surface area contributed by atoms with Gasteiger partial charge in [0.2, 0.25) is 0 Å². The maximum atomic E-state index is 15.0. The molecule has 1 fully saturated rings. The van der Waals surface area contributed by atoms with Crippen molar-refractivity contribution in [1.82, 2.24) is 19.9 Å². The molecule has 10 heteroatoms. The van der Waals surface area contributed by atoms with Crippen LogP contribution >= 0.6 is 11.6 Å². The number of fused-ring (bicyclic) bond motifs is 1. The standard InChI is InChI=1S/C26H30ClFN4O4/c1-26(2,3)36-25(34)31-16-7-5-6-15(8-16)13-32-14-21(27)18-9-20(22(28)10-19(18)24(32)33)23-29-11-17(35-4)12-30-23/h9-12,14-16H,5-8,13H2,1-4H3,(H,31,34)/t15-,16+/m1/s1. The van der Waals surface area contributed by atoms with Crippen LogP contribution in [-0.4, -0.2) is 39.4 Å². The summed E-state index contributed by atoms with van der Waals surface area (Å²) in [6, 6.07) is 2.66. The molecule has 0 spiro atoms. The number of benzene rings is 1. The molecule has 2 atom stereocenters. The Morgan fingerprint density at radius 1 is 1.22 bits per heavy atom. The number of halogens is 2. The Balaban J connectivity index is 1.55. The van der Waals surface area contributed by atoms with Crippen molar-refractivity contribution in [3.8, 4) is 17.1 Å². The SMILES string of the molecule is COc1cnc(-c2cc3c(Cl)cn(C[C@@H]4CCC[C@H](NC(=O)OC(C)(C)C)C4)c(=O)c3cc2F)nc1. The molecule has 1 saturated carbocycles. The molecule has 1 N–H and O–H groups in total. The van der Waals surface area contributed by atoms with Gasteiger partial charge in [0, 0.05) is 24.2 Å². The molecule has 0 bridgehead atoms. The highest BCUT2D eigenvalue weighted by atomic mass is 35.5. The van der Waals surface area contributed by atoms with Crippen LogP contribution in [0.1, 0.15) is 46.5 Å². The molecule has 4 rings (SSSR count). The minimum atomic E-state index is -0.613. The van der Waals surface area contributed by atoms with Gasteiger partial charge in [0.15, 0.2) is 11.6 Å². The fourth-order valence-electron chi connectivity index (χ4n) is 4.58. The van der Waals surface area contributed by atoms with Gasteiger partial charge in [-0.1, -0.05) is 18.0 Å². The van der Waals surface area contributed by atoms with Crippen molar-refractivity contribution < 1.29 is 18.7 Å². The highest BCUT2D eigenvalue weighted by Gasteiger charge is 2.26. The number of ether oxygens (including phenoxy) is 2. The molecule has 192 valence electrons. The minimum Gasteiger partial charge on any atom is -0.494 e. The lowest BCUT2D eigenvalue weighted by molar-refractivity contribution is 0.0483. The van der Waals surface area contributed by atoms with E-state index in [4.69, 9.17) is 21.1 Å². The lowest BCUT2D eigenvalue weighted by Crippen LogP contribution is -2.42. The molecule has 2 aromatic heterocycles. The zero-order valence-electron chi connectivity index (χ0n) is 20.8. The van der Waals surface area contributed by atoms with Crippen LogP contribution in [0.5, 0.6) is 5.75 Å². The molecule has 0 saturated heterocycles. The number of nitrogens with zero attached hydrogens (tertiary/aromatic N) is 3. The van der Waals surface area contributed by atoms with Crippen LogP contribution < -0.4 is 15.6 Å². The number of rotatable bonds is 5. The largest absolute Gasteiger partial charge is 0.494 e. The molecular weight excluding hydrogens is 487 g/mol. The summed E-state index contributed by atoms with van der Waals surface area (Å²) in [7, 11) is 1.49. The maximum absolute atomic E-state index is 15.0. The highest BCUT2D eigenvalue weighted by molar-refractivity contribution is 6.35. The third-order valence-electron chi connectivity index (χ3n) is 6.19. The highest BCUT2D eigenvalue weighted by Crippen LogP contribution is 2.30. The number of amides is 1. The van der Waals surface area contributed by atoms with Gasteiger partial charge in [-0.2, -0.15) is 0 Å². The minimum absolute atomic E-state index is 0.0327. The van der Waals surface area contributed by atoms with E-state index >= 15 is 4.39 Å². The number of hydrogen-bond donors (Lipinski definition) is 1. The third-order valence-corrected chi connectivity index (χ3v) is 6.49. The van der Waals surface area contributed by atoms with E-state index in [0.717, 1.165) is 19.3 Å². The average molecular weight is 517 g/mol. The van der Waals surface area contributed by atoms with E-state index < -0.39 is 17.5 Å². The zero-order chi connectivity index (χ0) is 26.0. The Morgan fingerprint density at radius 3 is 2.61 bits per heavy atom. The summed E-state index contributed by atoms with van der Waals surface area (Å²) in [6.45, 7) is 5.89. The van der Waals surface area contributed by atoms with Gasteiger partial charge in [0.05, 0.1) is 35.5 Å². The molecular formula is C26H30ClFN4O4. The monoisotopic (exact) mass is 516 g/mol. The number of methoxy groups -OCH3 is 1. The second kappa shape index (κ2) is 10.4. The molecule has 1 amide bonds. The van der Waals surface area contributed by atoms with E-state index in [1.807, 2.05) is 20.8 Å². The van der Waals surface area contributed by atoms with Crippen LogP contribution in [0.2, 0.25) is 5.02 Å². The first-order valence-electron chi connectivity index (χ1n) is 11.9. The van der Waals surface area contributed by atoms with Crippen LogP contribution in [0.3, 0.4) is 0 Å². The second-order valence-electron chi connectivity index (χ2n) is 10.1. The van der Waals surface area contributed by atoms with E-state index in [1.165, 1.54) is 36.2 Å². The molecule has 0 aliphatic heterocycles. The summed E-state index contributed by atoms with van der Waals surface area (Å²) >= 11 is 6.55. The van der Waals surface area contributed by atoms with E-state index in [0.29, 0.717) is 29.1 Å². The first kappa shape index (κ1) is 25.9. The van der Waals surface area contributed by atoms with Gasteiger partial charge in [0.25, 0.3) is 5.56 Å². The molecule has 2 heterocycles. The van der Waals surface area contributed by atoms with Crippen molar-refractivity contribution in [2.75, 3.05) is 7.11 Å². The van der Waals surface area contributed by atoms with Gasteiger partial charge in [-0.15, -0.1) is 0 Å². The fourth-order valence-corrected chi connectivity index (χ4v) is 4.85. The van der Waals surface area contributed by atoms with Gasteiger partial charge < -0.3 is 19.4 Å². The second-order valence-corrected chi connectivity index (χ2v) is 10.5. The lowest BCUT2D eigenvalue weighted by Gasteiger charge is -2.31. The summed E-state index contributed by atoms with van der Waals surface area (Å²) in [4.78, 5) is 33.7. The van der Waals surface area contributed by atoms with Gasteiger partial charge in [-0.05, 0) is 58.1 Å². The van der Waals surface area contributed by atoms with Crippen molar-refractivity contribution in [1.29, 1.82) is 0 Å². The van der Waals surface area contributed by atoms with Crippen molar-refractivity contribution >= 4 is 28.5 Å². The summed E-state index contributed by atoms with van der Waals surface area (Å²) < 4.78 is 27.0. The van der Waals surface area contributed by atoms with Crippen molar-refractivity contribution in [3.05, 3.63) is 51.9 Å². The first-order valence-corrected chi connectivity index (χ1v) is 12.3. The van der Waals surface area contributed by atoms with Crippen molar-refractivity contribution in [2.45, 2.75) is 64.6 Å². The predicted octanol–water partition coefficient (Wildman–Crippen LogP) is 5.34. The molecule has 1 aliphatic carbocycles. The van der Waals surface area contributed by atoms with Crippen molar-refractivity contribution in [2.24, 2.45) is 5.92 Å². The Bertz CT molecular complexity index is 1320. The van der Waals surface area contributed by atoms with E-state index in [-0.39, 0.29) is 34.3 Å². The van der Waals surface area contributed by atoms with Crippen LogP contribution in [-0.2, 0) is 11.3 Å². The normalized spacial score (nSPS) is 18.2. The topological polar surface area (TPSA) is 95.3 Å². The van der Waals surface area contributed by atoms with Crippen LogP contribution in [0.15, 0.2) is 35.5 Å². The Kier molecular flexibility index (Phi) is 7.49. The molecule has 3 aromatic rings. The van der Waals surface area contributed by atoms with Crippen LogP contribution in [0.25, 0.3) is 22.2 Å². The van der Waals surface area contributed by atoms with E-state index in [1.54, 1.807) is 6.20 Å². The summed E-state index contributed by atoms with van der Waals surface area (Å²) in [5, 5.41) is 3.89. The summed E-state index contributed by atoms with van der Waals surface area (Å²) in [6.07, 6.45) is 7.44. The Morgan fingerprint density at radius 2 is 1.94 bits per heavy atom. The number of aromatic nitrogens is 3. The quantitative estimate of drug-likeness (QED) is 0.491. The van der Waals surface area contributed by atoms with E-state index in [2.05, 4.69) is 15.3 Å². The number of carbonyl (C=O) groups is 1. The Labute approximate surface area is 213 Å². The molecule has 0 radical (unpaired) electrons. The van der Waals surface area contributed by atoms with Crippen LogP contribution in [0, 0.1) is 11.7 Å². The molecule has 1 aliphatic rings. The molecule has 1 aromatic carbocycles. The Hall–Kier alpha value is -3.20. The number of nitrogens with one attached hydrogen (secondary N) is 1. The number of hydrogen-bond acceptors (Lipinski definition) is 6. The number of carbonyl (C=O) groups excluding carboxylic acids is 1. The molecule has 8 nitrogen and oxygen atoms in total. The lowest BCUT2D eigenvalue weighted by atomic mass is 9.85. The molecule has 0 unspecified atom stereocenters. The van der Waals surface area contributed by atoms with Crippen molar-refractivity contribution in [3.63, 3.8) is 0 Å². The van der Waals surface area contributed by atoms with E-state index in [9.17, 15) is 9.59 Å². The van der Waals surface area contributed by atoms with Crippen LogP contribution in [0.4, 0.5) is 9.18 Å². The van der Waals surface area contributed by atoms with Gasteiger partial charge in [-0.3, -0.25) is 4.79 Å².